The van der Waals surface area contributed by atoms with E-state index in [4.69, 9.17) is 0 Å². The van der Waals surface area contributed by atoms with Gasteiger partial charge in [-0.2, -0.15) is 0 Å². The highest BCUT2D eigenvalue weighted by Crippen LogP contribution is 2.27. The van der Waals surface area contributed by atoms with Gasteiger partial charge in [0.05, 0.1) is 10.8 Å². The van der Waals surface area contributed by atoms with Crippen molar-refractivity contribution in [3.05, 3.63) is 53.5 Å². The van der Waals surface area contributed by atoms with E-state index in [-0.39, 0.29) is 0 Å². The first-order valence-electron chi connectivity index (χ1n) is 5.64. The molecule has 84 valence electrons. The predicted octanol–water partition coefficient (Wildman–Crippen LogP) is 3.81. The lowest BCUT2D eigenvalue weighted by Crippen LogP contribution is -2.01. The van der Waals surface area contributed by atoms with Gasteiger partial charge in [0.15, 0.2) is 0 Å². The minimum atomic E-state index is -1.09. The van der Waals surface area contributed by atoms with Gasteiger partial charge in [0.25, 0.3) is 0 Å². The Morgan fingerprint density at radius 3 is 2.56 bits per heavy atom. The van der Waals surface area contributed by atoms with E-state index in [0.717, 1.165) is 22.6 Å². The second-order valence-corrected chi connectivity index (χ2v) is 5.48. The Labute approximate surface area is 99.3 Å². The molecule has 16 heavy (non-hydrogen) atoms. The average molecular weight is 232 g/mol. The molecular formula is C14H16OS. The summed E-state index contributed by atoms with van der Waals surface area (Å²) in [4.78, 5) is 1.63. The van der Waals surface area contributed by atoms with Crippen molar-refractivity contribution in [3.63, 3.8) is 0 Å². The molecule has 1 aromatic carbocycles. The molecule has 0 saturated carbocycles. The van der Waals surface area contributed by atoms with Crippen LogP contribution in [0.25, 0.3) is 0 Å². The maximum atomic E-state index is 12.2. The van der Waals surface area contributed by atoms with Crippen LogP contribution < -0.4 is 0 Å². The van der Waals surface area contributed by atoms with E-state index in [1.807, 2.05) is 30.3 Å². The van der Waals surface area contributed by atoms with Gasteiger partial charge in [-0.1, -0.05) is 30.9 Å². The summed E-state index contributed by atoms with van der Waals surface area (Å²) in [5, 5.41) is 0. The van der Waals surface area contributed by atoms with Gasteiger partial charge in [0.1, 0.15) is 0 Å². The van der Waals surface area contributed by atoms with E-state index in [0.29, 0.717) is 0 Å². The normalized spacial score (nSPS) is 17.6. The highest BCUT2D eigenvalue weighted by atomic mass is 32.2. The van der Waals surface area contributed by atoms with Gasteiger partial charge in [0, 0.05) is 9.80 Å². The van der Waals surface area contributed by atoms with Gasteiger partial charge in [-0.25, -0.2) is 4.21 Å². The fraction of sp³-hybridized carbons (Fsp3) is 0.286. The van der Waals surface area contributed by atoms with Crippen molar-refractivity contribution >= 4 is 10.8 Å². The molecule has 1 aromatic rings. The lowest BCUT2D eigenvalue weighted by atomic mass is 10.00. The summed E-state index contributed by atoms with van der Waals surface area (Å²) in [7, 11) is -1.09. The Morgan fingerprint density at radius 2 is 1.94 bits per heavy atom. The maximum Gasteiger partial charge on any atom is 0.0846 e. The molecule has 2 rings (SSSR count). The van der Waals surface area contributed by atoms with Crippen molar-refractivity contribution in [2.75, 3.05) is 0 Å². The monoisotopic (exact) mass is 232 g/mol. The van der Waals surface area contributed by atoms with E-state index in [2.05, 4.69) is 12.7 Å². The van der Waals surface area contributed by atoms with Gasteiger partial charge >= 0.3 is 0 Å². The van der Waals surface area contributed by atoms with Crippen molar-refractivity contribution < 1.29 is 4.21 Å². The minimum absolute atomic E-state index is 0.783. The van der Waals surface area contributed by atoms with Crippen LogP contribution in [0, 0.1) is 0 Å². The van der Waals surface area contributed by atoms with Gasteiger partial charge < -0.3 is 0 Å². The number of benzene rings is 1. The molecule has 0 aromatic heterocycles. The molecule has 0 heterocycles. The third-order valence-corrected chi connectivity index (χ3v) is 4.24. The van der Waals surface area contributed by atoms with Crippen LogP contribution in [0.4, 0.5) is 0 Å². The Bertz CT molecular complexity index is 431. The summed E-state index contributed by atoms with van der Waals surface area (Å²) in [6.45, 7) is 3.99. The summed E-state index contributed by atoms with van der Waals surface area (Å²) in [6, 6.07) is 9.55. The zero-order valence-electron chi connectivity index (χ0n) is 9.32. The lowest BCUT2D eigenvalue weighted by Gasteiger charge is -2.14. The average Bonchev–Trinajstić information content (AvgIpc) is 2.39. The van der Waals surface area contributed by atoms with Crippen LogP contribution in [0.3, 0.4) is 0 Å². The van der Waals surface area contributed by atoms with Crippen LogP contribution in [0.15, 0.2) is 58.4 Å². The topological polar surface area (TPSA) is 17.1 Å². The van der Waals surface area contributed by atoms with Crippen molar-refractivity contribution in [1.82, 2.24) is 0 Å². The number of allylic oxidation sites excluding steroid dienone is 2. The third-order valence-electron chi connectivity index (χ3n) is 2.83. The molecule has 0 bridgehead atoms. The van der Waals surface area contributed by atoms with E-state index in [9.17, 15) is 4.21 Å². The van der Waals surface area contributed by atoms with Crippen LogP contribution in [-0.2, 0) is 10.8 Å². The maximum absolute atomic E-state index is 12.2. The Kier molecular flexibility index (Phi) is 3.73. The molecule has 0 fully saturated rings. The molecule has 2 heteroatoms. The first kappa shape index (κ1) is 11.3. The second-order valence-electron chi connectivity index (χ2n) is 3.98. The van der Waals surface area contributed by atoms with E-state index in [1.165, 1.54) is 18.4 Å². The van der Waals surface area contributed by atoms with Gasteiger partial charge in [-0.05, 0) is 43.4 Å². The zero-order chi connectivity index (χ0) is 11.4. The van der Waals surface area contributed by atoms with Gasteiger partial charge in [-0.15, -0.1) is 0 Å². The van der Waals surface area contributed by atoms with Crippen LogP contribution in [-0.4, -0.2) is 4.21 Å². The first-order valence-corrected chi connectivity index (χ1v) is 6.79. The van der Waals surface area contributed by atoms with E-state index in [1.54, 1.807) is 0 Å². The van der Waals surface area contributed by atoms with Crippen LogP contribution in [0.2, 0.25) is 0 Å². The molecule has 0 aliphatic heterocycles. The highest BCUT2D eigenvalue weighted by Gasteiger charge is 2.14. The minimum Gasteiger partial charge on any atom is -0.249 e. The molecule has 0 N–H and O–H groups in total. The van der Waals surface area contributed by atoms with Gasteiger partial charge in [-0.3, -0.25) is 0 Å². The standard InChI is InChI=1S/C14H16OS/c1-12(13-8-4-2-5-9-13)16(15)14-10-6-3-7-11-14/h3,6-8,10-11H,1-2,4-5,9H2. The number of hydrogen-bond acceptors (Lipinski definition) is 1. The SMILES string of the molecule is C=C(C1=CCCCC1)S(=O)c1ccccc1. The zero-order valence-corrected chi connectivity index (χ0v) is 10.1. The van der Waals surface area contributed by atoms with Crippen LogP contribution >= 0.6 is 0 Å². The fourth-order valence-electron chi connectivity index (χ4n) is 1.90. The Hall–Kier alpha value is -1.15. The molecule has 1 aliphatic carbocycles. The second kappa shape index (κ2) is 5.26. The van der Waals surface area contributed by atoms with Crippen molar-refractivity contribution in [2.24, 2.45) is 0 Å². The van der Waals surface area contributed by atoms with Crippen molar-refractivity contribution in [3.8, 4) is 0 Å². The summed E-state index contributed by atoms with van der Waals surface area (Å²) < 4.78 is 12.2. The van der Waals surface area contributed by atoms with Crippen LogP contribution in [0.5, 0.6) is 0 Å². The third kappa shape index (κ3) is 2.50. The Morgan fingerprint density at radius 1 is 1.19 bits per heavy atom. The molecule has 1 aliphatic rings. The summed E-state index contributed by atoms with van der Waals surface area (Å²) in [5.41, 5.74) is 1.19. The van der Waals surface area contributed by atoms with Crippen molar-refractivity contribution in [2.45, 2.75) is 30.6 Å². The molecule has 1 atom stereocenters. The van der Waals surface area contributed by atoms with E-state index < -0.39 is 10.8 Å². The highest BCUT2D eigenvalue weighted by molar-refractivity contribution is 7.89. The van der Waals surface area contributed by atoms with Crippen LogP contribution in [0.1, 0.15) is 25.7 Å². The summed E-state index contributed by atoms with van der Waals surface area (Å²) in [6.07, 6.45) is 6.75. The fourth-order valence-corrected chi connectivity index (χ4v) is 3.01. The predicted molar refractivity (Wildman–Crippen MR) is 68.5 cm³/mol. The molecule has 0 saturated heterocycles. The van der Waals surface area contributed by atoms with Gasteiger partial charge in [0.2, 0.25) is 0 Å². The lowest BCUT2D eigenvalue weighted by molar-refractivity contribution is 0.683. The molecular weight excluding hydrogens is 216 g/mol. The smallest absolute Gasteiger partial charge is 0.0846 e. The molecule has 0 spiro atoms. The van der Waals surface area contributed by atoms with E-state index >= 15 is 0 Å². The quantitative estimate of drug-likeness (QED) is 0.774. The molecule has 1 nitrogen and oxygen atoms in total. The number of rotatable bonds is 3. The Balaban J connectivity index is 2.16. The summed E-state index contributed by atoms with van der Waals surface area (Å²) in [5.74, 6) is 0. The summed E-state index contributed by atoms with van der Waals surface area (Å²) >= 11 is 0. The first-order chi connectivity index (χ1) is 7.79. The number of hydrogen-bond donors (Lipinski definition) is 0. The molecule has 1 unspecified atom stereocenters. The largest absolute Gasteiger partial charge is 0.249 e. The van der Waals surface area contributed by atoms with Crippen molar-refractivity contribution in [1.29, 1.82) is 0 Å². The molecule has 0 radical (unpaired) electrons. The molecule has 0 amide bonds.